The molecule has 0 saturated heterocycles. The van der Waals surface area contributed by atoms with Gasteiger partial charge in [0, 0.05) is 17.5 Å². The molecule has 0 spiro atoms. The average Bonchev–Trinajstić information content (AvgIpc) is 2.47. The van der Waals surface area contributed by atoms with Crippen LogP contribution in [0.5, 0.6) is 0 Å². The number of aromatic nitrogens is 2. The Hall–Kier alpha value is -2.45. The van der Waals surface area contributed by atoms with Crippen molar-refractivity contribution in [2.75, 3.05) is 5.32 Å². The number of halogens is 1. The standard InChI is InChI=1S/C15H13ClN4O/c1-9(2)12-5-11(6-13(16)19-12)15(21)20-14-4-3-10(7-17)8-18-14/h3-6,8-9H,1-2H3,(H,18,20,21). The Morgan fingerprint density at radius 1 is 1.38 bits per heavy atom. The molecule has 0 aromatic carbocycles. The lowest BCUT2D eigenvalue weighted by Crippen LogP contribution is -2.14. The van der Waals surface area contributed by atoms with E-state index in [2.05, 4.69) is 15.3 Å². The maximum atomic E-state index is 12.2. The van der Waals surface area contributed by atoms with Gasteiger partial charge in [0.2, 0.25) is 0 Å². The number of carbonyl (C=O) groups is 1. The Labute approximate surface area is 127 Å². The molecule has 106 valence electrons. The van der Waals surface area contributed by atoms with Crippen LogP contribution in [0.25, 0.3) is 0 Å². The van der Waals surface area contributed by atoms with Gasteiger partial charge in [-0.05, 0) is 30.2 Å². The van der Waals surface area contributed by atoms with E-state index in [-0.39, 0.29) is 17.0 Å². The van der Waals surface area contributed by atoms with Crippen molar-refractivity contribution < 1.29 is 4.79 Å². The van der Waals surface area contributed by atoms with Crippen LogP contribution in [-0.2, 0) is 0 Å². The zero-order valence-electron chi connectivity index (χ0n) is 11.6. The smallest absolute Gasteiger partial charge is 0.256 e. The maximum Gasteiger partial charge on any atom is 0.256 e. The van der Waals surface area contributed by atoms with Crippen molar-refractivity contribution in [1.82, 2.24) is 9.97 Å². The van der Waals surface area contributed by atoms with Crippen LogP contribution in [0.2, 0.25) is 5.15 Å². The van der Waals surface area contributed by atoms with Crippen LogP contribution in [-0.4, -0.2) is 15.9 Å². The molecule has 0 saturated carbocycles. The Kier molecular flexibility index (Phi) is 4.51. The minimum atomic E-state index is -0.321. The topological polar surface area (TPSA) is 78.7 Å². The number of hydrogen-bond donors (Lipinski definition) is 1. The minimum Gasteiger partial charge on any atom is -0.307 e. The molecule has 5 nitrogen and oxygen atoms in total. The number of nitrogens with zero attached hydrogens (tertiary/aromatic N) is 3. The Bertz CT molecular complexity index is 705. The molecule has 0 aliphatic heterocycles. The summed E-state index contributed by atoms with van der Waals surface area (Å²) < 4.78 is 0. The summed E-state index contributed by atoms with van der Waals surface area (Å²) in [6, 6.07) is 8.33. The predicted molar refractivity (Wildman–Crippen MR) is 80.2 cm³/mol. The second kappa shape index (κ2) is 6.33. The third kappa shape index (κ3) is 3.77. The van der Waals surface area contributed by atoms with Crippen molar-refractivity contribution in [3.63, 3.8) is 0 Å². The van der Waals surface area contributed by atoms with Gasteiger partial charge in [0.25, 0.3) is 5.91 Å². The molecule has 0 aliphatic carbocycles. The first-order chi connectivity index (χ1) is 9.99. The number of hydrogen-bond acceptors (Lipinski definition) is 4. The van der Waals surface area contributed by atoms with Crippen molar-refractivity contribution >= 4 is 23.3 Å². The van der Waals surface area contributed by atoms with E-state index in [0.29, 0.717) is 16.9 Å². The van der Waals surface area contributed by atoms with Crippen LogP contribution >= 0.6 is 11.6 Å². The Morgan fingerprint density at radius 3 is 2.71 bits per heavy atom. The quantitative estimate of drug-likeness (QED) is 0.881. The summed E-state index contributed by atoms with van der Waals surface area (Å²) in [5, 5.41) is 11.6. The van der Waals surface area contributed by atoms with Crippen LogP contribution in [0.3, 0.4) is 0 Å². The molecule has 0 unspecified atom stereocenters. The summed E-state index contributed by atoms with van der Waals surface area (Å²) in [7, 11) is 0. The van der Waals surface area contributed by atoms with Gasteiger partial charge in [-0.15, -0.1) is 0 Å². The van der Waals surface area contributed by atoms with Crippen LogP contribution in [0, 0.1) is 11.3 Å². The number of nitrogens with one attached hydrogen (secondary N) is 1. The average molecular weight is 301 g/mol. The summed E-state index contributed by atoms with van der Waals surface area (Å²) >= 11 is 5.94. The molecule has 21 heavy (non-hydrogen) atoms. The SMILES string of the molecule is CC(C)c1cc(C(=O)Nc2ccc(C#N)cn2)cc(Cl)n1. The maximum absolute atomic E-state index is 12.2. The molecule has 2 aromatic rings. The molecule has 2 heterocycles. The molecule has 2 aromatic heterocycles. The molecule has 0 atom stereocenters. The Balaban J connectivity index is 2.21. The lowest BCUT2D eigenvalue weighted by Gasteiger charge is -2.09. The molecule has 1 amide bonds. The van der Waals surface area contributed by atoms with Gasteiger partial charge in [0.1, 0.15) is 17.0 Å². The highest BCUT2D eigenvalue weighted by atomic mass is 35.5. The summed E-state index contributed by atoms with van der Waals surface area (Å²) in [6.07, 6.45) is 1.40. The molecule has 0 radical (unpaired) electrons. The highest BCUT2D eigenvalue weighted by Gasteiger charge is 2.12. The molecule has 6 heteroatoms. The van der Waals surface area contributed by atoms with E-state index >= 15 is 0 Å². The molecule has 2 rings (SSSR count). The number of anilines is 1. The van der Waals surface area contributed by atoms with Gasteiger partial charge in [-0.1, -0.05) is 25.4 Å². The van der Waals surface area contributed by atoms with E-state index in [9.17, 15) is 4.79 Å². The molecule has 0 bridgehead atoms. The van der Waals surface area contributed by atoms with Gasteiger partial charge in [0.15, 0.2) is 0 Å². The highest BCUT2D eigenvalue weighted by molar-refractivity contribution is 6.29. The summed E-state index contributed by atoms with van der Waals surface area (Å²) in [4.78, 5) is 20.4. The fraction of sp³-hybridized carbons (Fsp3) is 0.200. The summed E-state index contributed by atoms with van der Waals surface area (Å²) in [5.74, 6) is 0.222. The predicted octanol–water partition coefficient (Wildman–Crippen LogP) is 3.38. The second-order valence-electron chi connectivity index (χ2n) is 4.76. The van der Waals surface area contributed by atoms with Crippen LogP contribution < -0.4 is 5.32 Å². The molecule has 0 aliphatic rings. The number of pyridine rings is 2. The second-order valence-corrected chi connectivity index (χ2v) is 5.14. The largest absolute Gasteiger partial charge is 0.307 e. The van der Waals surface area contributed by atoms with Gasteiger partial charge < -0.3 is 5.32 Å². The number of carbonyl (C=O) groups excluding carboxylic acids is 1. The van der Waals surface area contributed by atoms with Gasteiger partial charge in [-0.25, -0.2) is 9.97 Å². The van der Waals surface area contributed by atoms with Crippen molar-refractivity contribution in [2.24, 2.45) is 0 Å². The van der Waals surface area contributed by atoms with Gasteiger partial charge in [0.05, 0.1) is 5.56 Å². The first-order valence-corrected chi connectivity index (χ1v) is 6.72. The number of nitriles is 1. The fourth-order valence-electron chi connectivity index (χ4n) is 1.67. The van der Waals surface area contributed by atoms with Crippen LogP contribution in [0.4, 0.5) is 5.82 Å². The molecular formula is C15H13ClN4O. The number of amides is 1. The highest BCUT2D eigenvalue weighted by Crippen LogP contribution is 2.18. The lowest BCUT2D eigenvalue weighted by atomic mass is 10.1. The van der Waals surface area contributed by atoms with E-state index in [1.807, 2.05) is 19.9 Å². The molecule has 0 fully saturated rings. The van der Waals surface area contributed by atoms with Gasteiger partial charge >= 0.3 is 0 Å². The van der Waals surface area contributed by atoms with Crippen molar-refractivity contribution in [1.29, 1.82) is 5.26 Å². The first-order valence-electron chi connectivity index (χ1n) is 6.34. The van der Waals surface area contributed by atoms with Crippen LogP contribution in [0.15, 0.2) is 30.5 Å². The van der Waals surface area contributed by atoms with E-state index in [1.165, 1.54) is 12.3 Å². The minimum absolute atomic E-state index is 0.170. The monoisotopic (exact) mass is 300 g/mol. The Morgan fingerprint density at radius 2 is 2.14 bits per heavy atom. The molecular weight excluding hydrogens is 288 g/mol. The van der Waals surface area contributed by atoms with Gasteiger partial charge in [-0.3, -0.25) is 4.79 Å². The van der Waals surface area contributed by atoms with E-state index in [1.54, 1.807) is 18.2 Å². The van der Waals surface area contributed by atoms with Crippen molar-refractivity contribution in [3.05, 3.63) is 52.4 Å². The van der Waals surface area contributed by atoms with Gasteiger partial charge in [-0.2, -0.15) is 5.26 Å². The fourth-order valence-corrected chi connectivity index (χ4v) is 1.88. The van der Waals surface area contributed by atoms with E-state index in [4.69, 9.17) is 16.9 Å². The number of rotatable bonds is 3. The molecule has 1 N–H and O–H groups in total. The lowest BCUT2D eigenvalue weighted by molar-refractivity contribution is 0.102. The van der Waals surface area contributed by atoms with Crippen molar-refractivity contribution in [2.45, 2.75) is 19.8 Å². The zero-order chi connectivity index (χ0) is 15.4. The first kappa shape index (κ1) is 14.9. The van der Waals surface area contributed by atoms with Crippen LogP contribution in [0.1, 0.15) is 41.4 Å². The zero-order valence-corrected chi connectivity index (χ0v) is 12.3. The van der Waals surface area contributed by atoms with E-state index < -0.39 is 0 Å². The summed E-state index contributed by atoms with van der Waals surface area (Å²) in [6.45, 7) is 3.95. The third-order valence-electron chi connectivity index (χ3n) is 2.80. The third-order valence-corrected chi connectivity index (χ3v) is 3.00. The normalized spacial score (nSPS) is 10.2. The van der Waals surface area contributed by atoms with Crippen molar-refractivity contribution in [3.8, 4) is 6.07 Å². The summed E-state index contributed by atoms with van der Waals surface area (Å²) in [5.41, 5.74) is 1.60. The van der Waals surface area contributed by atoms with E-state index in [0.717, 1.165) is 5.69 Å².